The molecule has 1 aromatic carbocycles. The summed E-state index contributed by atoms with van der Waals surface area (Å²) in [5.41, 5.74) is 3.07. The van der Waals surface area contributed by atoms with Gasteiger partial charge in [-0.25, -0.2) is 0 Å². The molecule has 0 bridgehead atoms. The Labute approximate surface area is 100 Å². The minimum atomic E-state index is 0.0904. The van der Waals surface area contributed by atoms with E-state index in [9.17, 15) is 0 Å². The fourth-order valence-corrected chi connectivity index (χ4v) is 2.09. The summed E-state index contributed by atoms with van der Waals surface area (Å²) in [5, 5.41) is 0. The summed E-state index contributed by atoms with van der Waals surface area (Å²) in [5.74, 6) is 0. The van der Waals surface area contributed by atoms with Crippen LogP contribution in [0.4, 0.5) is 0 Å². The number of benzene rings is 1. The van der Waals surface area contributed by atoms with Crippen molar-refractivity contribution in [3.8, 4) is 0 Å². The highest BCUT2D eigenvalue weighted by Gasteiger charge is 2.36. The Morgan fingerprint density at radius 3 is 1.81 bits per heavy atom. The number of rotatable bonds is 2. The Hall–Kier alpha value is -1.04. The van der Waals surface area contributed by atoms with E-state index < -0.39 is 0 Å². The van der Waals surface area contributed by atoms with E-state index in [4.69, 9.17) is 0 Å². The highest BCUT2D eigenvalue weighted by molar-refractivity contribution is 5.33. The third-order valence-electron chi connectivity index (χ3n) is 3.51. The highest BCUT2D eigenvalue weighted by atomic mass is 14.4. The molecule has 0 aliphatic rings. The fraction of sp³-hybridized carbons (Fsp3) is 0.500. The summed E-state index contributed by atoms with van der Waals surface area (Å²) in [6.07, 6.45) is 2.39. The third kappa shape index (κ3) is 2.55. The van der Waals surface area contributed by atoms with Crippen molar-refractivity contribution in [1.29, 1.82) is 0 Å². The van der Waals surface area contributed by atoms with Crippen LogP contribution in [0.25, 0.3) is 0 Å². The van der Waals surface area contributed by atoms with Crippen LogP contribution in [0.15, 0.2) is 42.0 Å². The average Bonchev–Trinajstić information content (AvgIpc) is 2.16. The van der Waals surface area contributed by atoms with Gasteiger partial charge >= 0.3 is 0 Å². The van der Waals surface area contributed by atoms with E-state index in [1.54, 1.807) is 0 Å². The first kappa shape index (κ1) is 13.0. The van der Waals surface area contributed by atoms with Crippen LogP contribution < -0.4 is 0 Å². The summed E-state index contributed by atoms with van der Waals surface area (Å²) in [6, 6.07) is 10.8. The predicted molar refractivity (Wildman–Crippen MR) is 72.7 cm³/mol. The Balaban J connectivity index is 3.33. The second-order valence-electron chi connectivity index (χ2n) is 6.04. The predicted octanol–water partition coefficient (Wildman–Crippen LogP) is 4.96. The molecule has 0 saturated heterocycles. The van der Waals surface area contributed by atoms with E-state index in [2.05, 4.69) is 78.0 Å². The second-order valence-corrected chi connectivity index (χ2v) is 6.04. The molecular formula is C16H24. The lowest BCUT2D eigenvalue weighted by atomic mass is 9.63. The average molecular weight is 216 g/mol. The molecule has 0 aliphatic carbocycles. The van der Waals surface area contributed by atoms with Gasteiger partial charge in [0.1, 0.15) is 0 Å². The lowest BCUT2D eigenvalue weighted by Crippen LogP contribution is -2.35. The Morgan fingerprint density at radius 1 is 0.938 bits per heavy atom. The molecule has 0 spiro atoms. The van der Waals surface area contributed by atoms with Gasteiger partial charge in [-0.05, 0) is 24.8 Å². The first-order valence-corrected chi connectivity index (χ1v) is 5.99. The Kier molecular flexibility index (Phi) is 3.62. The van der Waals surface area contributed by atoms with Gasteiger partial charge in [-0.1, -0.05) is 69.7 Å². The first-order chi connectivity index (χ1) is 7.27. The maximum Gasteiger partial charge on any atom is 0.0154 e. The van der Waals surface area contributed by atoms with Crippen molar-refractivity contribution in [2.45, 2.75) is 47.0 Å². The molecule has 1 aromatic rings. The molecule has 0 fully saturated rings. The van der Waals surface area contributed by atoms with Crippen LogP contribution in [-0.2, 0) is 5.41 Å². The van der Waals surface area contributed by atoms with Crippen LogP contribution in [0.5, 0.6) is 0 Å². The van der Waals surface area contributed by atoms with Crippen LogP contribution >= 0.6 is 0 Å². The zero-order valence-corrected chi connectivity index (χ0v) is 11.5. The van der Waals surface area contributed by atoms with Crippen molar-refractivity contribution in [2.75, 3.05) is 0 Å². The summed E-state index contributed by atoms with van der Waals surface area (Å²) in [4.78, 5) is 0. The van der Waals surface area contributed by atoms with E-state index in [0.29, 0.717) is 0 Å². The Bertz CT molecular complexity index is 361. The quantitative estimate of drug-likeness (QED) is 0.613. The molecule has 0 amide bonds. The molecule has 16 heavy (non-hydrogen) atoms. The van der Waals surface area contributed by atoms with Crippen LogP contribution in [0.3, 0.4) is 0 Å². The van der Waals surface area contributed by atoms with Crippen LogP contribution in [0.2, 0.25) is 0 Å². The summed E-state index contributed by atoms with van der Waals surface area (Å²) >= 11 is 0. The van der Waals surface area contributed by atoms with Crippen molar-refractivity contribution in [3.63, 3.8) is 0 Å². The molecule has 0 heterocycles. The maximum atomic E-state index is 2.39. The largest absolute Gasteiger partial charge is 0.0795 e. The molecule has 0 aliphatic heterocycles. The SMILES string of the molecule is CC(C)=CC(C)(c1ccccc1)C(C)(C)C. The van der Waals surface area contributed by atoms with Crippen molar-refractivity contribution in [1.82, 2.24) is 0 Å². The second kappa shape index (κ2) is 4.45. The van der Waals surface area contributed by atoms with Crippen molar-refractivity contribution >= 4 is 0 Å². The van der Waals surface area contributed by atoms with Gasteiger partial charge in [0.25, 0.3) is 0 Å². The van der Waals surface area contributed by atoms with E-state index in [1.807, 2.05) is 0 Å². The van der Waals surface area contributed by atoms with Crippen LogP contribution in [-0.4, -0.2) is 0 Å². The van der Waals surface area contributed by atoms with E-state index in [-0.39, 0.29) is 10.8 Å². The van der Waals surface area contributed by atoms with Gasteiger partial charge in [0.2, 0.25) is 0 Å². The van der Waals surface area contributed by atoms with Gasteiger partial charge < -0.3 is 0 Å². The molecular weight excluding hydrogens is 192 g/mol. The molecule has 0 saturated carbocycles. The van der Waals surface area contributed by atoms with E-state index in [0.717, 1.165) is 0 Å². The topological polar surface area (TPSA) is 0 Å². The fourth-order valence-electron chi connectivity index (χ4n) is 2.09. The highest BCUT2D eigenvalue weighted by Crippen LogP contribution is 2.43. The van der Waals surface area contributed by atoms with Crippen LogP contribution in [0.1, 0.15) is 47.1 Å². The van der Waals surface area contributed by atoms with Gasteiger partial charge in [-0.3, -0.25) is 0 Å². The van der Waals surface area contributed by atoms with Gasteiger partial charge in [-0.15, -0.1) is 0 Å². The molecule has 1 rings (SSSR count). The van der Waals surface area contributed by atoms with Gasteiger partial charge in [0.05, 0.1) is 0 Å². The molecule has 1 unspecified atom stereocenters. The molecule has 0 heteroatoms. The third-order valence-corrected chi connectivity index (χ3v) is 3.51. The molecule has 0 N–H and O–H groups in total. The molecule has 1 atom stereocenters. The lowest BCUT2D eigenvalue weighted by Gasteiger charge is -2.41. The maximum absolute atomic E-state index is 2.39. The summed E-state index contributed by atoms with van der Waals surface area (Å²) < 4.78 is 0. The van der Waals surface area contributed by atoms with Gasteiger partial charge in [-0.2, -0.15) is 0 Å². The van der Waals surface area contributed by atoms with Crippen molar-refractivity contribution in [2.24, 2.45) is 5.41 Å². The lowest BCUT2D eigenvalue weighted by molar-refractivity contribution is 0.257. The minimum Gasteiger partial charge on any atom is -0.0795 e. The first-order valence-electron chi connectivity index (χ1n) is 5.99. The summed E-state index contributed by atoms with van der Waals surface area (Å²) in [7, 11) is 0. The van der Waals surface area contributed by atoms with E-state index >= 15 is 0 Å². The standard InChI is InChI=1S/C16H24/c1-13(2)12-16(6,15(3,4)5)14-10-8-7-9-11-14/h7-12H,1-6H3. The normalized spacial score (nSPS) is 15.4. The van der Waals surface area contributed by atoms with Crippen molar-refractivity contribution < 1.29 is 0 Å². The number of hydrogen-bond acceptors (Lipinski definition) is 0. The molecule has 0 nitrogen and oxygen atoms in total. The van der Waals surface area contributed by atoms with Gasteiger partial charge in [0, 0.05) is 5.41 Å². The number of hydrogen-bond donors (Lipinski definition) is 0. The monoisotopic (exact) mass is 216 g/mol. The van der Waals surface area contributed by atoms with Crippen LogP contribution in [0, 0.1) is 5.41 Å². The van der Waals surface area contributed by atoms with E-state index in [1.165, 1.54) is 11.1 Å². The smallest absolute Gasteiger partial charge is 0.0154 e. The number of allylic oxidation sites excluding steroid dienone is 2. The van der Waals surface area contributed by atoms with Crippen molar-refractivity contribution in [3.05, 3.63) is 47.5 Å². The summed E-state index contributed by atoms with van der Waals surface area (Å²) in [6.45, 7) is 13.6. The molecule has 88 valence electrons. The molecule has 0 radical (unpaired) electrons. The minimum absolute atomic E-state index is 0.0904. The zero-order chi connectivity index (χ0) is 12.4. The Morgan fingerprint density at radius 2 is 1.44 bits per heavy atom. The van der Waals surface area contributed by atoms with Gasteiger partial charge in [0.15, 0.2) is 0 Å². The zero-order valence-electron chi connectivity index (χ0n) is 11.5. The molecule has 0 aromatic heterocycles.